The maximum atomic E-state index is 13.9. The summed E-state index contributed by atoms with van der Waals surface area (Å²) in [5, 5.41) is 11.5. The first-order valence-corrected chi connectivity index (χ1v) is 12.3. The van der Waals surface area contributed by atoms with Crippen molar-refractivity contribution in [2.45, 2.75) is 65.7 Å². The van der Waals surface area contributed by atoms with E-state index in [0.717, 1.165) is 28.0 Å². The second-order valence-electron chi connectivity index (χ2n) is 11.3. The zero-order valence-electron chi connectivity index (χ0n) is 20.6. The number of ketones is 1. The van der Waals surface area contributed by atoms with Gasteiger partial charge in [0.15, 0.2) is 5.78 Å². The minimum atomic E-state index is -0.641. The maximum absolute atomic E-state index is 13.9. The Hall–Kier alpha value is -2.79. The third-order valence-corrected chi connectivity index (χ3v) is 7.40. The van der Waals surface area contributed by atoms with Gasteiger partial charge in [-0.15, -0.1) is 26.3 Å². The van der Waals surface area contributed by atoms with Crippen molar-refractivity contribution in [1.29, 1.82) is 0 Å². The summed E-state index contributed by atoms with van der Waals surface area (Å²) in [6.07, 6.45) is 1.02. The molecule has 4 aromatic rings. The number of carbonyl (C=O) groups is 1. The lowest BCUT2D eigenvalue weighted by Crippen LogP contribution is -2.30. The summed E-state index contributed by atoms with van der Waals surface area (Å²) in [5.74, 6) is 0.0708. The largest absolute Gasteiger partial charge is 0.293 e. The van der Waals surface area contributed by atoms with E-state index in [1.807, 2.05) is 61.7 Å². The van der Waals surface area contributed by atoms with E-state index >= 15 is 0 Å². The zero-order valence-corrected chi connectivity index (χ0v) is 21.5. The van der Waals surface area contributed by atoms with Crippen molar-refractivity contribution in [2.75, 3.05) is 0 Å². The normalized spacial score (nSPS) is 12.9. The van der Waals surface area contributed by atoms with Crippen LogP contribution in [-0.2, 0) is 10.8 Å². The molecule has 2 heterocycles. The van der Waals surface area contributed by atoms with Crippen LogP contribution in [0.5, 0.6) is 0 Å². The predicted octanol–water partition coefficient (Wildman–Crippen LogP) is 7.36. The number of carbonyl (C=O) groups excluding carboxylic acids is 1. The molecule has 0 aliphatic rings. The summed E-state index contributed by atoms with van der Waals surface area (Å²) in [6, 6.07) is 18.0. The number of hydrogen-bond acceptors (Lipinski definition) is 4. The molecular weight excluding hydrogens is 426 g/mol. The number of aromatic nitrogens is 3. The zero-order chi connectivity index (χ0) is 24.0. The third kappa shape index (κ3) is 4.65. The topological polar surface area (TPSA) is 47.8 Å². The minimum absolute atomic E-state index is 0.0651. The molecule has 0 aliphatic heterocycles. The molecule has 172 valence electrons. The molecular formula is C28H33N3OS. The van der Waals surface area contributed by atoms with Crippen LogP contribution in [0.25, 0.3) is 16.7 Å². The fourth-order valence-corrected chi connectivity index (χ4v) is 5.64. The first-order chi connectivity index (χ1) is 15.4. The molecule has 33 heavy (non-hydrogen) atoms. The van der Waals surface area contributed by atoms with E-state index in [0.29, 0.717) is 5.56 Å². The van der Waals surface area contributed by atoms with Gasteiger partial charge in [0, 0.05) is 10.4 Å². The van der Waals surface area contributed by atoms with Crippen molar-refractivity contribution in [3.05, 3.63) is 76.0 Å². The average molecular weight is 460 g/mol. The van der Waals surface area contributed by atoms with Gasteiger partial charge in [-0.25, -0.2) is 0 Å². The summed E-state index contributed by atoms with van der Waals surface area (Å²) in [5.41, 5.74) is 3.66. The lowest BCUT2D eigenvalue weighted by molar-refractivity contribution is 0.0910. The molecule has 0 aliphatic carbocycles. The first kappa shape index (κ1) is 23.4. The van der Waals surface area contributed by atoms with Crippen LogP contribution in [0, 0.1) is 5.41 Å². The van der Waals surface area contributed by atoms with E-state index in [-0.39, 0.29) is 16.6 Å². The quantitative estimate of drug-likeness (QED) is 0.283. The highest BCUT2D eigenvalue weighted by Gasteiger charge is 2.35. The maximum Gasteiger partial charge on any atom is 0.175 e. The van der Waals surface area contributed by atoms with Gasteiger partial charge in [-0.3, -0.25) is 4.79 Å². The number of benzene rings is 2. The summed E-state index contributed by atoms with van der Waals surface area (Å²) < 4.78 is 0. The van der Waals surface area contributed by atoms with Gasteiger partial charge in [0.25, 0.3) is 0 Å². The molecule has 0 unspecified atom stereocenters. The standard InChI is InChI=1S/C28H33N3OS/c1-26(2,3)18-27(4,5)19-14-15-20(25(32)28(6,7)24-13-10-16-33-24)23(17-19)31-29-21-11-8-9-12-22(21)30-31/h8-17H,18H2,1-7H3. The highest BCUT2D eigenvalue weighted by molar-refractivity contribution is 7.10. The Bertz CT molecular complexity index is 1260. The monoisotopic (exact) mass is 459 g/mol. The van der Waals surface area contributed by atoms with Crippen LogP contribution in [0.15, 0.2) is 60.0 Å². The van der Waals surface area contributed by atoms with Crippen molar-refractivity contribution in [1.82, 2.24) is 15.0 Å². The van der Waals surface area contributed by atoms with Gasteiger partial charge in [0.2, 0.25) is 0 Å². The molecule has 0 atom stereocenters. The molecule has 0 amide bonds. The average Bonchev–Trinajstić information content (AvgIpc) is 3.41. The molecule has 2 aromatic heterocycles. The van der Waals surface area contributed by atoms with Gasteiger partial charge >= 0.3 is 0 Å². The number of nitrogens with zero attached hydrogens (tertiary/aromatic N) is 3. The van der Waals surface area contributed by atoms with Crippen molar-refractivity contribution in [2.24, 2.45) is 5.41 Å². The second kappa shape index (κ2) is 8.21. The number of hydrogen-bond donors (Lipinski definition) is 0. The fraction of sp³-hybridized carbons (Fsp3) is 0.393. The molecule has 0 N–H and O–H groups in total. The van der Waals surface area contributed by atoms with Crippen molar-refractivity contribution >= 4 is 28.2 Å². The summed E-state index contributed by atoms with van der Waals surface area (Å²) >= 11 is 1.61. The fourth-order valence-electron chi connectivity index (χ4n) is 4.79. The van der Waals surface area contributed by atoms with Gasteiger partial charge in [-0.2, -0.15) is 0 Å². The van der Waals surface area contributed by atoms with E-state index in [9.17, 15) is 4.79 Å². The van der Waals surface area contributed by atoms with Gasteiger partial charge < -0.3 is 0 Å². The predicted molar refractivity (Wildman–Crippen MR) is 138 cm³/mol. The molecule has 0 bridgehead atoms. The summed E-state index contributed by atoms with van der Waals surface area (Å²) in [7, 11) is 0. The molecule has 0 saturated heterocycles. The molecule has 0 saturated carbocycles. The Kier molecular flexibility index (Phi) is 5.81. The minimum Gasteiger partial charge on any atom is -0.293 e. The number of fused-ring (bicyclic) bond motifs is 1. The molecule has 4 rings (SSSR count). The SMILES string of the molecule is CC(C)(C)CC(C)(C)c1ccc(C(=O)C(C)(C)c2cccs2)c(-n2nc3ccccc3n2)c1. The van der Waals surface area contributed by atoms with E-state index in [2.05, 4.69) is 46.8 Å². The summed E-state index contributed by atoms with van der Waals surface area (Å²) in [4.78, 5) is 16.6. The molecule has 4 nitrogen and oxygen atoms in total. The molecule has 2 aromatic carbocycles. The number of Topliss-reactive ketones (excluding diaryl/α,β-unsaturated/α-hetero) is 1. The Morgan fingerprint density at radius 2 is 1.52 bits per heavy atom. The van der Waals surface area contributed by atoms with Crippen LogP contribution < -0.4 is 0 Å². The molecule has 0 radical (unpaired) electrons. The highest BCUT2D eigenvalue weighted by Crippen LogP contribution is 2.39. The van der Waals surface area contributed by atoms with Crippen LogP contribution in [0.1, 0.15) is 75.7 Å². The first-order valence-electron chi connectivity index (χ1n) is 11.4. The lowest BCUT2D eigenvalue weighted by atomic mass is 9.72. The highest BCUT2D eigenvalue weighted by atomic mass is 32.1. The second-order valence-corrected chi connectivity index (χ2v) is 12.2. The number of thiophene rings is 1. The van der Waals surface area contributed by atoms with Crippen molar-refractivity contribution < 1.29 is 4.79 Å². The lowest BCUT2D eigenvalue weighted by Gasteiger charge is -2.33. The number of rotatable bonds is 6. The van der Waals surface area contributed by atoms with E-state index in [4.69, 9.17) is 10.2 Å². The van der Waals surface area contributed by atoms with Crippen LogP contribution in [0.3, 0.4) is 0 Å². The van der Waals surface area contributed by atoms with E-state index in [1.165, 1.54) is 5.56 Å². The van der Waals surface area contributed by atoms with Crippen LogP contribution in [-0.4, -0.2) is 20.8 Å². The van der Waals surface area contributed by atoms with Gasteiger partial charge in [-0.1, -0.05) is 58.9 Å². The van der Waals surface area contributed by atoms with E-state index < -0.39 is 5.41 Å². The molecule has 0 spiro atoms. The van der Waals surface area contributed by atoms with Crippen LogP contribution >= 0.6 is 11.3 Å². The molecule has 0 fully saturated rings. The summed E-state index contributed by atoms with van der Waals surface area (Å²) in [6.45, 7) is 15.3. The Morgan fingerprint density at radius 3 is 2.06 bits per heavy atom. The van der Waals surface area contributed by atoms with Gasteiger partial charge in [0.1, 0.15) is 11.0 Å². The Balaban J connectivity index is 1.88. The van der Waals surface area contributed by atoms with Crippen molar-refractivity contribution in [3.8, 4) is 5.69 Å². The van der Waals surface area contributed by atoms with Gasteiger partial charge in [-0.05, 0) is 72.4 Å². The van der Waals surface area contributed by atoms with Crippen LogP contribution in [0.2, 0.25) is 0 Å². The van der Waals surface area contributed by atoms with Crippen LogP contribution in [0.4, 0.5) is 0 Å². The van der Waals surface area contributed by atoms with E-state index in [1.54, 1.807) is 16.1 Å². The van der Waals surface area contributed by atoms with Crippen molar-refractivity contribution in [3.63, 3.8) is 0 Å². The van der Waals surface area contributed by atoms with Gasteiger partial charge in [0.05, 0.1) is 11.1 Å². The third-order valence-electron chi connectivity index (χ3n) is 6.20. The smallest absolute Gasteiger partial charge is 0.175 e. The molecule has 5 heteroatoms. The Labute approximate surface area is 200 Å². The Morgan fingerprint density at radius 1 is 0.879 bits per heavy atom.